The normalized spacial score (nSPS) is 12.2. The van der Waals surface area contributed by atoms with Gasteiger partial charge in [-0.1, -0.05) is 49.4 Å². The highest BCUT2D eigenvalue weighted by molar-refractivity contribution is 5.80. The number of rotatable bonds is 10. The molecule has 9 nitrogen and oxygen atoms in total. The molecule has 6 rings (SSSR count). The molecule has 0 spiro atoms. The quantitative estimate of drug-likeness (QED) is 0.268. The molecule has 1 N–H and O–H groups in total. The summed E-state index contributed by atoms with van der Waals surface area (Å²) in [7, 11) is 0. The van der Waals surface area contributed by atoms with E-state index in [1.54, 1.807) is 17.1 Å². The molecule has 0 unspecified atom stereocenters. The molecule has 0 aliphatic carbocycles. The van der Waals surface area contributed by atoms with Crippen LogP contribution in [0.4, 0.5) is 0 Å². The summed E-state index contributed by atoms with van der Waals surface area (Å²) in [6.45, 7) is 3.50. The van der Waals surface area contributed by atoms with Gasteiger partial charge in [-0.05, 0) is 75.3 Å². The second-order valence-corrected chi connectivity index (χ2v) is 9.76. The van der Waals surface area contributed by atoms with Gasteiger partial charge in [-0.25, -0.2) is 4.68 Å². The van der Waals surface area contributed by atoms with Crippen LogP contribution < -0.4 is 5.56 Å². The van der Waals surface area contributed by atoms with E-state index in [1.807, 2.05) is 79.0 Å². The highest BCUT2D eigenvalue weighted by atomic mass is 16.3. The molecule has 2 aromatic carbocycles. The van der Waals surface area contributed by atoms with E-state index >= 15 is 0 Å². The van der Waals surface area contributed by atoms with Crippen molar-refractivity contribution in [3.8, 4) is 0 Å². The number of nitrogens with zero attached hydrogens (tertiary/aromatic N) is 6. The lowest BCUT2D eigenvalue weighted by Gasteiger charge is -2.30. The Bertz CT molecular complexity index is 1750. The van der Waals surface area contributed by atoms with Crippen molar-refractivity contribution in [3.63, 3.8) is 0 Å². The number of hydrogen-bond donors (Lipinski definition) is 1. The second kappa shape index (κ2) is 11.5. The summed E-state index contributed by atoms with van der Waals surface area (Å²) in [5.41, 5.74) is 4.40. The Kier molecular flexibility index (Phi) is 7.28. The van der Waals surface area contributed by atoms with E-state index < -0.39 is 6.04 Å². The number of furan rings is 1. The van der Waals surface area contributed by atoms with E-state index in [9.17, 15) is 4.79 Å². The van der Waals surface area contributed by atoms with Crippen molar-refractivity contribution >= 4 is 10.9 Å². The van der Waals surface area contributed by atoms with Crippen molar-refractivity contribution in [2.75, 3.05) is 0 Å². The molecule has 0 aliphatic heterocycles. The lowest BCUT2D eigenvalue weighted by Crippen LogP contribution is -2.35. The molecule has 0 saturated carbocycles. The number of H-pyrrole nitrogens is 1. The maximum Gasteiger partial charge on any atom is 0.253 e. The van der Waals surface area contributed by atoms with E-state index in [4.69, 9.17) is 4.42 Å². The number of tetrazole rings is 1. The summed E-state index contributed by atoms with van der Waals surface area (Å²) in [4.78, 5) is 23.3. The average Bonchev–Trinajstić information content (AvgIpc) is 3.67. The van der Waals surface area contributed by atoms with Gasteiger partial charge in [0.25, 0.3) is 5.56 Å². The molecule has 40 heavy (non-hydrogen) atoms. The molecule has 4 heterocycles. The van der Waals surface area contributed by atoms with Gasteiger partial charge in [0.2, 0.25) is 0 Å². The lowest BCUT2D eigenvalue weighted by atomic mass is 10.0. The number of benzene rings is 2. The van der Waals surface area contributed by atoms with Gasteiger partial charge in [0.1, 0.15) is 11.8 Å². The van der Waals surface area contributed by atoms with E-state index in [1.165, 1.54) is 5.56 Å². The number of hydrogen-bond acceptors (Lipinski definition) is 7. The molecule has 0 bridgehead atoms. The van der Waals surface area contributed by atoms with Gasteiger partial charge in [-0.15, -0.1) is 5.10 Å². The van der Waals surface area contributed by atoms with E-state index in [2.05, 4.69) is 43.4 Å². The van der Waals surface area contributed by atoms with Crippen molar-refractivity contribution in [2.24, 2.45) is 0 Å². The van der Waals surface area contributed by atoms with Crippen LogP contribution >= 0.6 is 0 Å². The lowest BCUT2D eigenvalue weighted by molar-refractivity contribution is 0.179. The minimum atomic E-state index is -0.581. The van der Waals surface area contributed by atoms with Crippen molar-refractivity contribution in [1.29, 1.82) is 0 Å². The monoisotopic (exact) mass is 531 g/mol. The standard InChI is InChI=1S/C31H29N7O2/c1-2-22-12-13-28-25(16-22)17-27(31(39)33-28)29(30-34-35-36-38(30)20-23-8-4-3-5-9-23)37(21-26-11-7-15-40-26)19-24-10-6-14-32-18-24/h3-18,29H,2,19-21H2,1H3,(H,33,39)/t29-/m1/s1. The average molecular weight is 532 g/mol. The molecule has 0 radical (unpaired) electrons. The summed E-state index contributed by atoms with van der Waals surface area (Å²) in [6.07, 6.45) is 6.13. The zero-order chi connectivity index (χ0) is 27.3. The molecule has 1 atom stereocenters. The second-order valence-electron chi connectivity index (χ2n) is 9.76. The van der Waals surface area contributed by atoms with Crippen LogP contribution in [-0.2, 0) is 26.1 Å². The Hall–Kier alpha value is -4.89. The van der Waals surface area contributed by atoms with E-state index in [0.29, 0.717) is 31.0 Å². The third kappa shape index (κ3) is 5.45. The van der Waals surface area contributed by atoms with E-state index in [-0.39, 0.29) is 5.56 Å². The Morgan fingerprint density at radius 3 is 2.60 bits per heavy atom. The van der Waals surface area contributed by atoms with Gasteiger partial charge in [-0.3, -0.25) is 14.7 Å². The summed E-state index contributed by atoms with van der Waals surface area (Å²) in [5.74, 6) is 1.33. The first kappa shape index (κ1) is 25.4. The van der Waals surface area contributed by atoms with Gasteiger partial charge < -0.3 is 9.40 Å². The highest BCUT2D eigenvalue weighted by Crippen LogP contribution is 2.30. The van der Waals surface area contributed by atoms with Crippen LogP contribution in [-0.4, -0.2) is 35.1 Å². The topological polar surface area (TPSA) is 106 Å². The number of nitrogens with one attached hydrogen (secondary N) is 1. The van der Waals surface area contributed by atoms with E-state index in [0.717, 1.165) is 34.2 Å². The Labute approximate surface area is 231 Å². The minimum Gasteiger partial charge on any atom is -0.468 e. The summed E-state index contributed by atoms with van der Waals surface area (Å²) >= 11 is 0. The molecule has 9 heteroatoms. The van der Waals surface area contributed by atoms with Crippen LogP contribution in [0.5, 0.6) is 0 Å². The van der Waals surface area contributed by atoms with Crippen LogP contribution in [0.1, 0.15) is 46.8 Å². The fourth-order valence-electron chi connectivity index (χ4n) is 5.04. The fraction of sp³-hybridized carbons (Fsp3) is 0.194. The van der Waals surface area contributed by atoms with Gasteiger partial charge in [0.05, 0.1) is 19.4 Å². The van der Waals surface area contributed by atoms with Gasteiger partial charge >= 0.3 is 0 Å². The Morgan fingerprint density at radius 2 is 1.82 bits per heavy atom. The number of aryl methyl sites for hydroxylation is 1. The van der Waals surface area contributed by atoms with Crippen molar-refractivity contribution < 1.29 is 4.42 Å². The number of pyridine rings is 2. The molecule has 200 valence electrons. The van der Waals surface area contributed by atoms with Crippen molar-refractivity contribution in [1.82, 2.24) is 35.1 Å². The SMILES string of the molecule is CCc1ccc2[nH]c(=O)c([C@H](c3nnnn3Cc3ccccc3)N(Cc3cccnc3)Cc3ccco3)cc2c1. The number of aromatic nitrogens is 6. The summed E-state index contributed by atoms with van der Waals surface area (Å²) < 4.78 is 7.53. The van der Waals surface area contributed by atoms with Crippen LogP contribution in [0, 0.1) is 0 Å². The largest absolute Gasteiger partial charge is 0.468 e. The third-order valence-electron chi connectivity index (χ3n) is 7.03. The minimum absolute atomic E-state index is 0.188. The molecule has 0 aliphatic rings. The first-order valence-electron chi connectivity index (χ1n) is 13.3. The molecule has 4 aromatic heterocycles. The summed E-state index contributed by atoms with van der Waals surface area (Å²) in [6, 6.07) is 25.3. The van der Waals surface area contributed by atoms with Gasteiger partial charge in [-0.2, -0.15) is 0 Å². The molecule has 0 fully saturated rings. The predicted octanol–water partition coefficient (Wildman–Crippen LogP) is 4.91. The molecular weight excluding hydrogens is 502 g/mol. The number of aromatic amines is 1. The molecule has 0 saturated heterocycles. The number of fused-ring (bicyclic) bond motifs is 1. The zero-order valence-electron chi connectivity index (χ0n) is 22.1. The predicted molar refractivity (Wildman–Crippen MR) is 151 cm³/mol. The maximum atomic E-state index is 13.8. The molecule has 0 amide bonds. The first-order chi connectivity index (χ1) is 19.7. The smallest absolute Gasteiger partial charge is 0.253 e. The summed E-state index contributed by atoms with van der Waals surface area (Å²) in [5, 5.41) is 13.9. The molecule has 6 aromatic rings. The van der Waals surface area contributed by atoms with Gasteiger partial charge in [0, 0.05) is 30.0 Å². The van der Waals surface area contributed by atoms with Crippen molar-refractivity contribution in [3.05, 3.63) is 142 Å². The fourth-order valence-corrected chi connectivity index (χ4v) is 5.04. The zero-order valence-corrected chi connectivity index (χ0v) is 22.1. The maximum absolute atomic E-state index is 13.8. The highest BCUT2D eigenvalue weighted by Gasteiger charge is 2.31. The Balaban J connectivity index is 1.53. The van der Waals surface area contributed by atoms with Crippen LogP contribution in [0.3, 0.4) is 0 Å². The van der Waals surface area contributed by atoms with Crippen LogP contribution in [0.2, 0.25) is 0 Å². The van der Waals surface area contributed by atoms with Crippen molar-refractivity contribution in [2.45, 2.75) is 39.0 Å². The Morgan fingerprint density at radius 1 is 0.950 bits per heavy atom. The van der Waals surface area contributed by atoms with Crippen LogP contribution in [0.15, 0.2) is 107 Å². The third-order valence-corrected chi connectivity index (χ3v) is 7.03. The first-order valence-corrected chi connectivity index (χ1v) is 13.3. The van der Waals surface area contributed by atoms with Gasteiger partial charge in [0.15, 0.2) is 5.82 Å². The van der Waals surface area contributed by atoms with Crippen LogP contribution in [0.25, 0.3) is 10.9 Å². The molecular formula is C31H29N7O2.